The first-order valence-electron chi connectivity index (χ1n) is 5.64. The highest BCUT2D eigenvalue weighted by Crippen LogP contribution is 2.16. The van der Waals surface area contributed by atoms with Crippen LogP contribution in [0.4, 0.5) is 0 Å². The summed E-state index contributed by atoms with van der Waals surface area (Å²) < 4.78 is 5.28. The Morgan fingerprint density at radius 2 is 2.11 bits per heavy atom. The van der Waals surface area contributed by atoms with Crippen molar-refractivity contribution in [2.45, 2.75) is 20.4 Å². The highest BCUT2D eigenvalue weighted by Gasteiger charge is 2.14. The molecule has 0 radical (unpaired) electrons. The monoisotopic (exact) mass is 279 g/mol. The van der Waals surface area contributed by atoms with Crippen molar-refractivity contribution in [3.63, 3.8) is 0 Å². The molecule has 5 nitrogen and oxygen atoms in total. The van der Waals surface area contributed by atoms with Gasteiger partial charge in [-0.3, -0.25) is 4.79 Å². The second kappa shape index (κ2) is 5.27. The fourth-order valence-corrected chi connectivity index (χ4v) is 2.44. The molecule has 2 heterocycles. The van der Waals surface area contributed by atoms with Crippen molar-refractivity contribution in [1.29, 1.82) is 0 Å². The summed E-state index contributed by atoms with van der Waals surface area (Å²) in [7, 11) is 0. The van der Waals surface area contributed by atoms with Gasteiger partial charge in [-0.2, -0.15) is 0 Å². The van der Waals surface area contributed by atoms with E-state index in [0.29, 0.717) is 16.4 Å². The van der Waals surface area contributed by atoms with Crippen molar-refractivity contribution in [1.82, 2.24) is 5.32 Å². The van der Waals surface area contributed by atoms with Gasteiger partial charge in [-0.05, 0) is 32.0 Å². The lowest BCUT2D eigenvalue weighted by molar-refractivity contribution is 0.0694. The molecular weight excluding hydrogens is 266 g/mol. The highest BCUT2D eigenvalue weighted by atomic mass is 32.1. The molecule has 0 aliphatic carbocycles. The predicted molar refractivity (Wildman–Crippen MR) is 70.6 cm³/mol. The Morgan fingerprint density at radius 3 is 2.63 bits per heavy atom. The Bertz CT molecular complexity index is 626. The van der Waals surface area contributed by atoms with Crippen LogP contribution < -0.4 is 5.32 Å². The number of aryl methyl sites for hydroxylation is 2. The maximum absolute atomic E-state index is 11.8. The van der Waals surface area contributed by atoms with Gasteiger partial charge in [0.05, 0.1) is 11.4 Å². The molecule has 2 N–H and O–H groups in total. The second-order valence-electron chi connectivity index (χ2n) is 4.08. The molecule has 6 heteroatoms. The number of rotatable bonds is 4. The van der Waals surface area contributed by atoms with Crippen LogP contribution in [0.25, 0.3) is 0 Å². The van der Waals surface area contributed by atoms with Crippen molar-refractivity contribution >= 4 is 23.2 Å². The van der Waals surface area contributed by atoms with Gasteiger partial charge in [0, 0.05) is 4.88 Å². The molecule has 0 bridgehead atoms. The zero-order valence-electron chi connectivity index (χ0n) is 10.5. The average molecular weight is 279 g/mol. The topological polar surface area (TPSA) is 79.5 Å². The number of carboxylic acids is 1. The number of furan rings is 1. The Morgan fingerprint density at radius 1 is 1.37 bits per heavy atom. The van der Waals surface area contributed by atoms with Crippen molar-refractivity contribution in [3.8, 4) is 0 Å². The van der Waals surface area contributed by atoms with Gasteiger partial charge in [0.15, 0.2) is 0 Å². The van der Waals surface area contributed by atoms with Crippen LogP contribution in [0.1, 0.15) is 36.4 Å². The van der Waals surface area contributed by atoms with E-state index in [4.69, 9.17) is 9.52 Å². The number of nitrogens with one attached hydrogen (secondary N) is 1. The summed E-state index contributed by atoms with van der Waals surface area (Å²) in [4.78, 5) is 24.3. The van der Waals surface area contributed by atoms with Crippen LogP contribution in [-0.2, 0) is 6.54 Å². The normalized spacial score (nSPS) is 10.4. The first-order valence-corrected chi connectivity index (χ1v) is 6.46. The minimum absolute atomic E-state index is 0.121. The van der Waals surface area contributed by atoms with Gasteiger partial charge in [-0.1, -0.05) is 0 Å². The van der Waals surface area contributed by atoms with Crippen LogP contribution in [0.3, 0.4) is 0 Å². The zero-order valence-corrected chi connectivity index (χ0v) is 11.3. The van der Waals surface area contributed by atoms with Crippen LogP contribution in [0, 0.1) is 13.8 Å². The van der Waals surface area contributed by atoms with E-state index >= 15 is 0 Å². The minimum atomic E-state index is -1.03. The molecule has 0 saturated heterocycles. The zero-order chi connectivity index (χ0) is 14.0. The van der Waals surface area contributed by atoms with E-state index in [9.17, 15) is 9.59 Å². The van der Waals surface area contributed by atoms with Gasteiger partial charge in [0.2, 0.25) is 0 Å². The molecule has 0 aromatic carbocycles. The van der Waals surface area contributed by atoms with Gasteiger partial charge in [-0.15, -0.1) is 11.3 Å². The van der Waals surface area contributed by atoms with Gasteiger partial charge >= 0.3 is 5.97 Å². The van der Waals surface area contributed by atoms with E-state index < -0.39 is 5.97 Å². The van der Waals surface area contributed by atoms with Crippen LogP contribution in [0.2, 0.25) is 0 Å². The molecule has 2 rings (SSSR count). The first kappa shape index (κ1) is 13.4. The molecule has 1 amide bonds. The van der Waals surface area contributed by atoms with E-state index in [2.05, 4.69) is 5.32 Å². The van der Waals surface area contributed by atoms with Gasteiger partial charge in [0.1, 0.15) is 17.1 Å². The molecule has 2 aromatic rings. The summed E-state index contributed by atoms with van der Waals surface area (Å²) in [6, 6.07) is 5.06. The largest absolute Gasteiger partial charge is 0.478 e. The molecule has 0 aliphatic rings. The van der Waals surface area contributed by atoms with Crippen molar-refractivity contribution < 1.29 is 19.1 Å². The summed E-state index contributed by atoms with van der Waals surface area (Å²) >= 11 is 1.41. The lowest BCUT2D eigenvalue weighted by Crippen LogP contribution is -2.21. The number of carbonyl (C=O) groups excluding carboxylic acids is 1. The van der Waals surface area contributed by atoms with Gasteiger partial charge in [-0.25, -0.2) is 4.79 Å². The third kappa shape index (κ3) is 3.03. The Hall–Kier alpha value is -2.08. The lowest BCUT2D eigenvalue weighted by atomic mass is 10.2. The molecular formula is C13H13NO4S. The molecule has 0 saturated carbocycles. The van der Waals surface area contributed by atoms with Crippen LogP contribution in [0.5, 0.6) is 0 Å². The number of thiophene rings is 1. The van der Waals surface area contributed by atoms with E-state index in [1.54, 1.807) is 13.0 Å². The maximum Gasteiger partial charge on any atom is 0.339 e. The quantitative estimate of drug-likeness (QED) is 0.901. The standard InChI is InChI=1S/C13H13NO4S/c1-7-3-4-11(19-7)12(15)14-6-9-5-10(13(16)17)8(2)18-9/h3-5H,6H2,1-2H3,(H,14,15)(H,16,17). The fraction of sp³-hybridized carbons (Fsp3) is 0.231. The van der Waals surface area contributed by atoms with Crippen LogP contribution >= 0.6 is 11.3 Å². The van der Waals surface area contributed by atoms with Crippen molar-refractivity contribution in [2.75, 3.05) is 0 Å². The number of hydrogen-bond acceptors (Lipinski definition) is 4. The van der Waals surface area contributed by atoms with Crippen LogP contribution in [-0.4, -0.2) is 17.0 Å². The van der Waals surface area contributed by atoms with E-state index in [1.165, 1.54) is 17.4 Å². The molecule has 0 fully saturated rings. The molecule has 0 unspecified atom stereocenters. The average Bonchev–Trinajstić information content (AvgIpc) is 2.92. The third-order valence-corrected chi connectivity index (χ3v) is 3.59. The fourth-order valence-electron chi connectivity index (χ4n) is 1.65. The van der Waals surface area contributed by atoms with Gasteiger partial charge < -0.3 is 14.8 Å². The number of amides is 1. The maximum atomic E-state index is 11.8. The number of hydrogen-bond donors (Lipinski definition) is 2. The Balaban J connectivity index is 2.01. The predicted octanol–water partition coefficient (Wildman–Crippen LogP) is 2.59. The SMILES string of the molecule is Cc1ccc(C(=O)NCc2cc(C(=O)O)c(C)o2)s1. The molecule has 2 aromatic heterocycles. The molecule has 100 valence electrons. The van der Waals surface area contributed by atoms with Gasteiger partial charge in [0.25, 0.3) is 5.91 Å². The summed E-state index contributed by atoms with van der Waals surface area (Å²) in [6.45, 7) is 3.68. The molecule has 0 atom stereocenters. The minimum Gasteiger partial charge on any atom is -0.478 e. The van der Waals surface area contributed by atoms with E-state index in [-0.39, 0.29) is 18.0 Å². The summed E-state index contributed by atoms with van der Waals surface area (Å²) in [6.07, 6.45) is 0. The molecule has 0 aliphatic heterocycles. The smallest absolute Gasteiger partial charge is 0.339 e. The summed E-state index contributed by atoms with van der Waals surface area (Å²) in [5.41, 5.74) is 0.121. The summed E-state index contributed by atoms with van der Waals surface area (Å²) in [5.74, 6) is -0.461. The van der Waals surface area contributed by atoms with E-state index in [1.807, 2.05) is 13.0 Å². The summed E-state index contributed by atoms with van der Waals surface area (Å²) in [5, 5.41) is 11.6. The molecule has 19 heavy (non-hydrogen) atoms. The Labute approximate surface area is 113 Å². The van der Waals surface area contributed by atoms with Crippen molar-refractivity contribution in [3.05, 3.63) is 45.0 Å². The lowest BCUT2D eigenvalue weighted by Gasteiger charge is -2.00. The first-order chi connectivity index (χ1) is 8.97. The van der Waals surface area contributed by atoms with E-state index in [0.717, 1.165) is 4.88 Å². The second-order valence-corrected chi connectivity index (χ2v) is 5.37. The Kier molecular flexibility index (Phi) is 3.71. The number of carbonyl (C=O) groups is 2. The number of carboxylic acid groups (broad SMARTS) is 1. The molecule has 0 spiro atoms. The highest BCUT2D eigenvalue weighted by molar-refractivity contribution is 7.13. The number of aromatic carboxylic acids is 1. The van der Waals surface area contributed by atoms with Crippen LogP contribution in [0.15, 0.2) is 22.6 Å². The van der Waals surface area contributed by atoms with Crippen molar-refractivity contribution in [2.24, 2.45) is 0 Å². The third-order valence-electron chi connectivity index (χ3n) is 2.59.